The Hall–Kier alpha value is -1.75. The van der Waals surface area contributed by atoms with Crippen LogP contribution in [0.25, 0.3) is 10.4 Å². The minimum atomic E-state index is -0.422. The van der Waals surface area contributed by atoms with Gasteiger partial charge in [-0.25, -0.2) is 9.37 Å². The van der Waals surface area contributed by atoms with E-state index in [0.29, 0.717) is 0 Å². The minimum Gasteiger partial charge on any atom is -0.406 e. The Morgan fingerprint density at radius 1 is 1.38 bits per heavy atom. The third-order valence-corrected chi connectivity index (χ3v) is 2.74. The van der Waals surface area contributed by atoms with Crippen LogP contribution in [0.2, 0.25) is 0 Å². The van der Waals surface area contributed by atoms with Gasteiger partial charge in [0.2, 0.25) is 5.88 Å². The monoisotopic (exact) mass is 237 g/mol. The quantitative estimate of drug-likeness (QED) is 0.754. The van der Waals surface area contributed by atoms with Crippen molar-refractivity contribution < 1.29 is 13.9 Å². The molecule has 2 rings (SSSR count). The van der Waals surface area contributed by atoms with Crippen LogP contribution in [0.4, 0.5) is 4.39 Å². The third kappa shape index (κ3) is 2.25. The fourth-order valence-corrected chi connectivity index (χ4v) is 1.96. The molecule has 0 aliphatic rings. The summed E-state index contributed by atoms with van der Waals surface area (Å²) in [6, 6.07) is 5.95. The maximum absolute atomic E-state index is 12.7. The molecule has 0 N–H and O–H groups in total. The summed E-state index contributed by atoms with van der Waals surface area (Å²) in [5.74, 6) is -0.458. The summed E-state index contributed by atoms with van der Waals surface area (Å²) in [7, 11) is 0. The van der Waals surface area contributed by atoms with E-state index in [2.05, 4.69) is 4.98 Å². The SMILES string of the molecule is CC(=O)Oc1ncsc1-c1ccc(F)cc1. The Kier molecular flexibility index (Phi) is 2.96. The van der Waals surface area contributed by atoms with Crippen LogP contribution in [-0.2, 0) is 4.79 Å². The highest BCUT2D eigenvalue weighted by Gasteiger charge is 2.11. The largest absolute Gasteiger partial charge is 0.406 e. The number of carbonyl (C=O) groups excluding carboxylic acids is 1. The fourth-order valence-electron chi connectivity index (χ4n) is 1.24. The van der Waals surface area contributed by atoms with Gasteiger partial charge < -0.3 is 4.74 Å². The Bertz CT molecular complexity index is 507. The zero-order valence-corrected chi connectivity index (χ0v) is 9.25. The average Bonchev–Trinajstić information content (AvgIpc) is 2.66. The van der Waals surface area contributed by atoms with E-state index in [-0.39, 0.29) is 11.7 Å². The normalized spacial score (nSPS) is 10.1. The van der Waals surface area contributed by atoms with Crippen molar-refractivity contribution >= 4 is 17.3 Å². The molecule has 3 nitrogen and oxygen atoms in total. The summed E-state index contributed by atoms with van der Waals surface area (Å²) in [6.07, 6.45) is 0. The smallest absolute Gasteiger partial charge is 0.309 e. The molecule has 1 aromatic carbocycles. The first-order chi connectivity index (χ1) is 7.66. The summed E-state index contributed by atoms with van der Waals surface area (Å²) in [5, 5.41) is 0. The molecule has 0 aliphatic carbocycles. The van der Waals surface area contributed by atoms with Crippen LogP contribution < -0.4 is 4.74 Å². The third-order valence-electron chi connectivity index (χ3n) is 1.88. The molecule has 0 spiro atoms. The lowest BCUT2D eigenvalue weighted by Gasteiger charge is -2.01. The topological polar surface area (TPSA) is 39.2 Å². The van der Waals surface area contributed by atoms with Crippen molar-refractivity contribution in [3.63, 3.8) is 0 Å². The molecule has 0 atom stereocenters. The van der Waals surface area contributed by atoms with E-state index < -0.39 is 5.97 Å². The predicted octanol–water partition coefficient (Wildman–Crippen LogP) is 2.87. The molecule has 0 amide bonds. The molecule has 0 unspecified atom stereocenters. The van der Waals surface area contributed by atoms with Gasteiger partial charge >= 0.3 is 5.97 Å². The van der Waals surface area contributed by atoms with Crippen LogP contribution in [-0.4, -0.2) is 11.0 Å². The van der Waals surface area contributed by atoms with Gasteiger partial charge in [-0.1, -0.05) is 12.1 Å². The summed E-state index contributed by atoms with van der Waals surface area (Å²) in [6.45, 7) is 1.31. The number of hydrogen-bond donors (Lipinski definition) is 0. The maximum atomic E-state index is 12.7. The van der Waals surface area contributed by atoms with E-state index in [4.69, 9.17) is 4.74 Å². The molecule has 0 aliphatic heterocycles. The average molecular weight is 237 g/mol. The highest BCUT2D eigenvalue weighted by atomic mass is 32.1. The van der Waals surface area contributed by atoms with Crippen LogP contribution in [0.1, 0.15) is 6.92 Å². The van der Waals surface area contributed by atoms with Gasteiger partial charge in [-0.3, -0.25) is 4.79 Å². The number of nitrogens with zero attached hydrogens (tertiary/aromatic N) is 1. The molecular formula is C11H8FNO2S. The Balaban J connectivity index is 2.36. The van der Waals surface area contributed by atoms with Gasteiger partial charge in [-0.15, -0.1) is 11.3 Å². The van der Waals surface area contributed by atoms with Crippen molar-refractivity contribution in [1.29, 1.82) is 0 Å². The molecule has 2 aromatic rings. The summed E-state index contributed by atoms with van der Waals surface area (Å²) in [4.78, 5) is 15.5. The lowest BCUT2D eigenvalue weighted by atomic mass is 10.2. The molecule has 0 saturated heterocycles. The number of halogens is 1. The van der Waals surface area contributed by atoms with Crippen molar-refractivity contribution in [2.45, 2.75) is 6.92 Å². The maximum Gasteiger partial charge on any atom is 0.309 e. The number of ether oxygens (including phenoxy) is 1. The van der Waals surface area contributed by atoms with Gasteiger partial charge in [0, 0.05) is 6.92 Å². The zero-order chi connectivity index (χ0) is 11.5. The molecular weight excluding hydrogens is 229 g/mol. The Morgan fingerprint density at radius 3 is 2.69 bits per heavy atom. The van der Waals surface area contributed by atoms with Crippen molar-refractivity contribution in [2.24, 2.45) is 0 Å². The molecule has 0 fully saturated rings. The number of carbonyl (C=O) groups is 1. The first kappa shape index (κ1) is 10.8. The Labute approximate surface area is 95.5 Å². The standard InChI is InChI=1S/C11H8FNO2S/c1-7(14)15-11-10(16-6-13-11)8-2-4-9(12)5-3-8/h2-6H,1H3. The van der Waals surface area contributed by atoms with Gasteiger partial charge in [0.15, 0.2) is 0 Å². The van der Waals surface area contributed by atoms with E-state index in [1.54, 1.807) is 17.6 Å². The van der Waals surface area contributed by atoms with E-state index in [1.807, 2.05) is 0 Å². The van der Waals surface area contributed by atoms with E-state index in [9.17, 15) is 9.18 Å². The fraction of sp³-hybridized carbons (Fsp3) is 0.0909. The van der Waals surface area contributed by atoms with E-state index in [0.717, 1.165) is 10.4 Å². The molecule has 0 radical (unpaired) electrons. The number of esters is 1. The molecule has 5 heteroatoms. The predicted molar refractivity (Wildman–Crippen MR) is 58.8 cm³/mol. The van der Waals surface area contributed by atoms with Crippen LogP contribution in [0.5, 0.6) is 5.88 Å². The van der Waals surface area contributed by atoms with Gasteiger partial charge in [-0.05, 0) is 17.7 Å². The lowest BCUT2D eigenvalue weighted by Crippen LogP contribution is -2.02. The van der Waals surface area contributed by atoms with Gasteiger partial charge in [0.25, 0.3) is 0 Å². The summed E-state index contributed by atoms with van der Waals surface area (Å²) < 4.78 is 17.7. The van der Waals surface area contributed by atoms with Gasteiger partial charge in [0.1, 0.15) is 5.82 Å². The minimum absolute atomic E-state index is 0.268. The zero-order valence-electron chi connectivity index (χ0n) is 8.44. The molecule has 0 bridgehead atoms. The summed E-state index contributed by atoms with van der Waals surface area (Å²) >= 11 is 1.34. The van der Waals surface area contributed by atoms with Crippen LogP contribution >= 0.6 is 11.3 Å². The number of benzene rings is 1. The van der Waals surface area contributed by atoms with Crippen molar-refractivity contribution in [1.82, 2.24) is 4.98 Å². The second kappa shape index (κ2) is 4.40. The first-order valence-corrected chi connectivity index (χ1v) is 5.42. The van der Waals surface area contributed by atoms with Gasteiger partial charge in [0.05, 0.1) is 10.4 Å². The molecule has 1 heterocycles. The molecule has 1 aromatic heterocycles. The molecule has 0 saturated carbocycles. The second-order valence-electron chi connectivity index (χ2n) is 3.09. The van der Waals surface area contributed by atoms with Crippen molar-refractivity contribution in [2.75, 3.05) is 0 Å². The number of aromatic nitrogens is 1. The molecule has 16 heavy (non-hydrogen) atoms. The highest BCUT2D eigenvalue weighted by Crippen LogP contribution is 2.33. The molecule has 82 valence electrons. The Morgan fingerprint density at radius 2 is 2.06 bits per heavy atom. The van der Waals surface area contributed by atoms with Crippen molar-refractivity contribution in [3.05, 3.63) is 35.6 Å². The van der Waals surface area contributed by atoms with Crippen LogP contribution in [0, 0.1) is 5.82 Å². The van der Waals surface area contributed by atoms with Crippen molar-refractivity contribution in [3.8, 4) is 16.3 Å². The second-order valence-corrected chi connectivity index (χ2v) is 3.94. The first-order valence-electron chi connectivity index (χ1n) is 4.54. The van der Waals surface area contributed by atoms with E-state index in [1.165, 1.54) is 30.4 Å². The number of rotatable bonds is 2. The van der Waals surface area contributed by atoms with E-state index >= 15 is 0 Å². The van der Waals surface area contributed by atoms with Crippen LogP contribution in [0.3, 0.4) is 0 Å². The highest BCUT2D eigenvalue weighted by molar-refractivity contribution is 7.13. The number of thiazole rings is 1. The summed E-state index contributed by atoms with van der Waals surface area (Å²) in [5.41, 5.74) is 2.36. The lowest BCUT2D eigenvalue weighted by molar-refractivity contribution is -0.132. The van der Waals surface area contributed by atoms with Gasteiger partial charge in [-0.2, -0.15) is 0 Å². The number of hydrogen-bond acceptors (Lipinski definition) is 4. The van der Waals surface area contributed by atoms with Crippen LogP contribution in [0.15, 0.2) is 29.8 Å².